The highest BCUT2D eigenvalue weighted by atomic mass is 16.6. The normalized spacial score (nSPS) is 25.5. The Balaban J connectivity index is 1.88. The summed E-state index contributed by atoms with van der Waals surface area (Å²) in [6, 6.07) is -0.757. The molecule has 0 bridgehead atoms. The largest absolute Gasteiger partial charge is 0.444 e. The van der Waals surface area contributed by atoms with Crippen LogP contribution in [-0.2, 0) is 9.53 Å². The monoisotopic (exact) mass is 327 g/mol. The van der Waals surface area contributed by atoms with Crippen molar-refractivity contribution in [3.8, 4) is 0 Å². The third-order valence-corrected chi connectivity index (χ3v) is 4.28. The second-order valence-corrected chi connectivity index (χ2v) is 7.53. The average Bonchev–Trinajstić information content (AvgIpc) is 3.10. The molecule has 8 heteroatoms. The Morgan fingerprint density at radius 3 is 2.39 bits per heavy atom. The minimum absolute atomic E-state index is 0.278. The van der Waals surface area contributed by atoms with Crippen molar-refractivity contribution in [1.82, 2.24) is 10.6 Å². The number of hydrogen-bond acceptors (Lipinski definition) is 5. The zero-order chi connectivity index (χ0) is 17.3. The summed E-state index contributed by atoms with van der Waals surface area (Å²) >= 11 is 0. The molecule has 0 unspecified atom stereocenters. The summed E-state index contributed by atoms with van der Waals surface area (Å²) < 4.78 is 5.20. The first kappa shape index (κ1) is 17.5. The summed E-state index contributed by atoms with van der Waals surface area (Å²) in [6.45, 7) is 5.63. The fourth-order valence-electron chi connectivity index (χ4n) is 3.00. The van der Waals surface area contributed by atoms with Gasteiger partial charge in [-0.1, -0.05) is 12.8 Å². The van der Waals surface area contributed by atoms with Gasteiger partial charge < -0.3 is 15.4 Å². The quantitative estimate of drug-likeness (QED) is 0.588. The molecular formula is C15H25N3O5. The highest BCUT2D eigenvalue weighted by Gasteiger charge is 2.54. The number of ether oxygens (including phenoxy) is 1. The minimum Gasteiger partial charge on any atom is -0.444 e. The summed E-state index contributed by atoms with van der Waals surface area (Å²) in [5, 5.41) is 16.3. The summed E-state index contributed by atoms with van der Waals surface area (Å²) in [7, 11) is 0. The van der Waals surface area contributed by atoms with Gasteiger partial charge in [0.1, 0.15) is 11.5 Å². The standard InChI is InChI=1S/C15H25N3O5/c1-14(2,3)23-13(20)16-9-15(6-4-5-7-15)17-12(19)10-8-11(10)18(21)22/h10-11H,4-9H2,1-3H3,(H,16,20)(H,17,19)/t10-,11+/m1/s1. The molecule has 0 aromatic heterocycles. The minimum atomic E-state index is -0.757. The number of carbonyl (C=O) groups excluding carboxylic acids is 2. The fourth-order valence-corrected chi connectivity index (χ4v) is 3.00. The van der Waals surface area contributed by atoms with Crippen LogP contribution in [0.15, 0.2) is 0 Å². The van der Waals surface area contributed by atoms with E-state index in [9.17, 15) is 19.7 Å². The molecule has 0 aromatic rings. The van der Waals surface area contributed by atoms with Gasteiger partial charge in [0.25, 0.3) is 0 Å². The lowest BCUT2D eigenvalue weighted by atomic mass is 9.97. The van der Waals surface area contributed by atoms with E-state index in [0.29, 0.717) is 6.42 Å². The van der Waals surface area contributed by atoms with Gasteiger partial charge in [-0.15, -0.1) is 0 Å². The van der Waals surface area contributed by atoms with Gasteiger partial charge in [-0.05, 0) is 33.6 Å². The smallest absolute Gasteiger partial charge is 0.407 e. The molecule has 0 radical (unpaired) electrons. The maximum absolute atomic E-state index is 12.2. The van der Waals surface area contributed by atoms with Crippen molar-refractivity contribution < 1.29 is 19.2 Å². The van der Waals surface area contributed by atoms with Crippen molar-refractivity contribution in [2.45, 2.75) is 70.1 Å². The predicted octanol–water partition coefficient (Wildman–Crippen LogP) is 1.61. The fraction of sp³-hybridized carbons (Fsp3) is 0.867. The molecule has 0 aliphatic heterocycles. The lowest BCUT2D eigenvalue weighted by Crippen LogP contribution is -2.55. The molecule has 0 spiro atoms. The van der Waals surface area contributed by atoms with Crippen molar-refractivity contribution in [2.24, 2.45) is 5.92 Å². The van der Waals surface area contributed by atoms with Crippen LogP contribution in [0, 0.1) is 16.0 Å². The molecule has 2 amide bonds. The molecule has 2 aliphatic carbocycles. The van der Waals surface area contributed by atoms with Gasteiger partial charge in [0, 0.05) is 17.9 Å². The molecule has 0 aromatic carbocycles. The van der Waals surface area contributed by atoms with Gasteiger partial charge >= 0.3 is 6.09 Å². The SMILES string of the molecule is CC(C)(C)OC(=O)NCC1(NC(=O)[C@@H]2C[C@@H]2[N+](=O)[O-])CCCC1. The van der Waals surface area contributed by atoms with Crippen molar-refractivity contribution in [3.63, 3.8) is 0 Å². The van der Waals surface area contributed by atoms with Crippen LogP contribution in [0.2, 0.25) is 0 Å². The number of nitrogens with zero attached hydrogens (tertiary/aromatic N) is 1. The van der Waals surface area contributed by atoms with E-state index < -0.39 is 34.1 Å². The molecule has 2 rings (SSSR count). The van der Waals surface area contributed by atoms with Crippen LogP contribution < -0.4 is 10.6 Å². The van der Waals surface area contributed by atoms with Crippen LogP contribution in [0.25, 0.3) is 0 Å². The van der Waals surface area contributed by atoms with E-state index in [1.54, 1.807) is 20.8 Å². The van der Waals surface area contributed by atoms with Crippen molar-refractivity contribution in [2.75, 3.05) is 6.54 Å². The molecule has 2 atom stereocenters. The third kappa shape index (κ3) is 4.80. The van der Waals surface area contributed by atoms with E-state index in [4.69, 9.17) is 4.74 Å². The average molecular weight is 327 g/mol. The molecule has 2 fully saturated rings. The third-order valence-electron chi connectivity index (χ3n) is 4.28. The maximum atomic E-state index is 12.2. The van der Waals surface area contributed by atoms with Gasteiger partial charge in [-0.2, -0.15) is 0 Å². The number of amides is 2. The molecule has 2 saturated carbocycles. The number of nitrogens with one attached hydrogen (secondary N) is 2. The first-order chi connectivity index (χ1) is 10.6. The summed E-state index contributed by atoms with van der Waals surface area (Å²) in [6.07, 6.45) is 3.20. The van der Waals surface area contributed by atoms with Gasteiger partial charge in [0.15, 0.2) is 0 Å². The van der Waals surface area contributed by atoms with E-state index in [0.717, 1.165) is 25.7 Å². The van der Waals surface area contributed by atoms with E-state index in [2.05, 4.69) is 10.6 Å². The first-order valence-corrected chi connectivity index (χ1v) is 8.04. The second kappa shape index (κ2) is 6.33. The number of alkyl carbamates (subject to hydrolysis) is 1. The number of nitro groups is 1. The Kier molecular flexibility index (Phi) is 4.81. The van der Waals surface area contributed by atoms with Crippen LogP contribution >= 0.6 is 0 Å². The lowest BCUT2D eigenvalue weighted by Gasteiger charge is -2.31. The number of carbonyl (C=O) groups is 2. The van der Waals surface area contributed by atoms with Gasteiger partial charge in [-0.25, -0.2) is 4.79 Å². The Hall–Kier alpha value is -1.86. The zero-order valence-electron chi connectivity index (χ0n) is 13.9. The Labute approximate surface area is 135 Å². The Morgan fingerprint density at radius 2 is 1.91 bits per heavy atom. The highest BCUT2D eigenvalue weighted by Crippen LogP contribution is 2.36. The number of rotatable bonds is 5. The lowest BCUT2D eigenvalue weighted by molar-refractivity contribution is -0.497. The van der Waals surface area contributed by atoms with E-state index >= 15 is 0 Å². The van der Waals surface area contributed by atoms with E-state index in [1.807, 2.05) is 0 Å². The van der Waals surface area contributed by atoms with Crippen LogP contribution in [-0.4, -0.2) is 40.7 Å². The number of hydrogen-bond donors (Lipinski definition) is 2. The van der Waals surface area contributed by atoms with Gasteiger partial charge in [-0.3, -0.25) is 14.9 Å². The molecule has 0 saturated heterocycles. The molecule has 130 valence electrons. The van der Waals surface area contributed by atoms with Crippen molar-refractivity contribution in [3.05, 3.63) is 10.1 Å². The molecule has 2 N–H and O–H groups in total. The van der Waals surface area contributed by atoms with Crippen molar-refractivity contribution >= 4 is 12.0 Å². The predicted molar refractivity (Wildman–Crippen MR) is 82.5 cm³/mol. The van der Waals surface area contributed by atoms with Crippen LogP contribution in [0.4, 0.5) is 4.79 Å². The molecule has 0 heterocycles. The molecular weight excluding hydrogens is 302 g/mol. The Bertz CT molecular complexity index is 494. The first-order valence-electron chi connectivity index (χ1n) is 8.04. The molecule has 23 heavy (non-hydrogen) atoms. The summed E-state index contributed by atoms with van der Waals surface area (Å²) in [4.78, 5) is 34.3. The highest BCUT2D eigenvalue weighted by molar-refractivity contribution is 5.83. The second-order valence-electron chi connectivity index (χ2n) is 7.53. The Morgan fingerprint density at radius 1 is 1.30 bits per heavy atom. The zero-order valence-corrected chi connectivity index (χ0v) is 13.9. The van der Waals surface area contributed by atoms with Crippen LogP contribution in [0.5, 0.6) is 0 Å². The topological polar surface area (TPSA) is 111 Å². The van der Waals surface area contributed by atoms with E-state index in [-0.39, 0.29) is 12.5 Å². The van der Waals surface area contributed by atoms with Crippen LogP contribution in [0.3, 0.4) is 0 Å². The van der Waals surface area contributed by atoms with Gasteiger partial charge in [0.2, 0.25) is 11.9 Å². The van der Waals surface area contributed by atoms with E-state index in [1.165, 1.54) is 0 Å². The van der Waals surface area contributed by atoms with Crippen LogP contribution in [0.1, 0.15) is 52.9 Å². The molecule has 2 aliphatic rings. The van der Waals surface area contributed by atoms with Gasteiger partial charge in [0.05, 0.1) is 5.54 Å². The van der Waals surface area contributed by atoms with Crippen molar-refractivity contribution in [1.29, 1.82) is 0 Å². The summed E-state index contributed by atoms with van der Waals surface area (Å²) in [5.74, 6) is -0.816. The maximum Gasteiger partial charge on any atom is 0.407 e. The summed E-state index contributed by atoms with van der Waals surface area (Å²) in [5.41, 5.74) is -1.10. The molecule has 8 nitrogen and oxygen atoms in total.